The van der Waals surface area contributed by atoms with Crippen molar-refractivity contribution in [1.29, 1.82) is 0 Å². The minimum Gasteiger partial charge on any atom is -0.439 e. The zero-order valence-corrected chi connectivity index (χ0v) is 11.9. The van der Waals surface area contributed by atoms with Crippen LogP contribution in [0, 0.1) is 20.8 Å². The van der Waals surface area contributed by atoms with Crippen molar-refractivity contribution in [3.05, 3.63) is 52.7 Å². The SMILES string of the molecule is Cc1cc(C)c(C)c(Oc2ccc([C@H](C)N)cn2)c1. The third-order valence-electron chi connectivity index (χ3n) is 3.26. The van der Waals surface area contributed by atoms with Gasteiger partial charge in [0, 0.05) is 18.3 Å². The second-order valence-corrected chi connectivity index (χ2v) is 5.03. The zero-order chi connectivity index (χ0) is 14.0. The number of ether oxygens (including phenoxy) is 1. The standard InChI is InChI=1S/C16H20N2O/c1-10-7-11(2)12(3)15(8-10)19-16-6-5-14(9-18-16)13(4)17/h5-9,13H,17H2,1-4H3/t13-/m0/s1. The summed E-state index contributed by atoms with van der Waals surface area (Å²) in [6.07, 6.45) is 1.76. The van der Waals surface area contributed by atoms with E-state index in [1.54, 1.807) is 6.20 Å². The first kappa shape index (κ1) is 13.6. The highest BCUT2D eigenvalue weighted by molar-refractivity contribution is 5.43. The van der Waals surface area contributed by atoms with Crippen LogP contribution in [0.4, 0.5) is 0 Å². The summed E-state index contributed by atoms with van der Waals surface area (Å²) < 4.78 is 5.85. The molecule has 0 amide bonds. The Morgan fingerprint density at radius 1 is 1.16 bits per heavy atom. The van der Waals surface area contributed by atoms with Gasteiger partial charge in [-0.3, -0.25) is 0 Å². The molecule has 1 atom stereocenters. The van der Waals surface area contributed by atoms with Crippen LogP contribution < -0.4 is 10.5 Å². The Bertz CT molecular complexity index is 574. The van der Waals surface area contributed by atoms with E-state index in [9.17, 15) is 0 Å². The Kier molecular flexibility index (Phi) is 3.86. The average molecular weight is 256 g/mol. The minimum absolute atomic E-state index is 0.00972. The van der Waals surface area contributed by atoms with Crippen molar-refractivity contribution in [2.24, 2.45) is 5.73 Å². The predicted molar refractivity (Wildman–Crippen MR) is 77.6 cm³/mol. The molecule has 0 fully saturated rings. The lowest BCUT2D eigenvalue weighted by Gasteiger charge is -2.12. The highest BCUT2D eigenvalue weighted by Crippen LogP contribution is 2.27. The fraction of sp³-hybridized carbons (Fsp3) is 0.312. The molecule has 0 aliphatic heterocycles. The van der Waals surface area contributed by atoms with Gasteiger partial charge in [-0.15, -0.1) is 0 Å². The fourth-order valence-corrected chi connectivity index (χ4v) is 1.94. The van der Waals surface area contributed by atoms with Gasteiger partial charge in [0.2, 0.25) is 5.88 Å². The number of hydrogen-bond acceptors (Lipinski definition) is 3. The molecular formula is C16H20N2O. The van der Waals surface area contributed by atoms with E-state index in [-0.39, 0.29) is 6.04 Å². The number of aryl methyl sites for hydroxylation is 2. The molecule has 0 aliphatic carbocycles. The Morgan fingerprint density at radius 3 is 2.47 bits per heavy atom. The Balaban J connectivity index is 2.26. The zero-order valence-electron chi connectivity index (χ0n) is 11.9. The molecule has 0 unspecified atom stereocenters. The molecule has 1 aromatic heterocycles. The van der Waals surface area contributed by atoms with Gasteiger partial charge < -0.3 is 10.5 Å². The lowest BCUT2D eigenvalue weighted by atomic mass is 10.1. The molecule has 2 rings (SSSR count). The average Bonchev–Trinajstić information content (AvgIpc) is 2.36. The van der Waals surface area contributed by atoms with Crippen molar-refractivity contribution in [2.45, 2.75) is 33.7 Å². The molecular weight excluding hydrogens is 236 g/mol. The summed E-state index contributed by atoms with van der Waals surface area (Å²) in [7, 11) is 0. The summed E-state index contributed by atoms with van der Waals surface area (Å²) in [5.41, 5.74) is 10.4. The van der Waals surface area contributed by atoms with Gasteiger partial charge in [-0.25, -0.2) is 4.98 Å². The van der Waals surface area contributed by atoms with Gasteiger partial charge in [0.1, 0.15) is 5.75 Å². The van der Waals surface area contributed by atoms with Crippen molar-refractivity contribution >= 4 is 0 Å². The van der Waals surface area contributed by atoms with Gasteiger partial charge in [-0.05, 0) is 56.0 Å². The molecule has 19 heavy (non-hydrogen) atoms. The van der Waals surface area contributed by atoms with E-state index in [1.807, 2.05) is 25.1 Å². The van der Waals surface area contributed by atoms with Crippen LogP contribution in [0.5, 0.6) is 11.6 Å². The molecule has 0 saturated heterocycles. The minimum atomic E-state index is -0.00972. The maximum Gasteiger partial charge on any atom is 0.219 e. The summed E-state index contributed by atoms with van der Waals surface area (Å²) in [5, 5.41) is 0. The van der Waals surface area contributed by atoms with E-state index < -0.39 is 0 Å². The van der Waals surface area contributed by atoms with Crippen LogP contribution in [0.2, 0.25) is 0 Å². The quantitative estimate of drug-likeness (QED) is 0.908. The van der Waals surface area contributed by atoms with Gasteiger partial charge in [0.25, 0.3) is 0 Å². The Morgan fingerprint density at radius 2 is 1.89 bits per heavy atom. The predicted octanol–water partition coefficient (Wildman–Crippen LogP) is 3.82. The van der Waals surface area contributed by atoms with Crippen molar-refractivity contribution in [2.75, 3.05) is 0 Å². The Labute approximate surface area is 114 Å². The van der Waals surface area contributed by atoms with E-state index in [2.05, 4.69) is 31.8 Å². The number of nitrogens with two attached hydrogens (primary N) is 1. The van der Waals surface area contributed by atoms with Crippen molar-refractivity contribution in [3.8, 4) is 11.6 Å². The fourth-order valence-electron chi connectivity index (χ4n) is 1.94. The van der Waals surface area contributed by atoms with Crippen molar-refractivity contribution in [3.63, 3.8) is 0 Å². The lowest BCUT2D eigenvalue weighted by molar-refractivity contribution is 0.458. The summed E-state index contributed by atoms with van der Waals surface area (Å²) in [4.78, 5) is 4.29. The van der Waals surface area contributed by atoms with Crippen LogP contribution in [0.3, 0.4) is 0 Å². The van der Waals surface area contributed by atoms with Crippen LogP contribution in [0.25, 0.3) is 0 Å². The largest absolute Gasteiger partial charge is 0.439 e. The third-order valence-corrected chi connectivity index (χ3v) is 3.26. The normalized spacial score (nSPS) is 12.3. The summed E-state index contributed by atoms with van der Waals surface area (Å²) in [5.74, 6) is 1.45. The third kappa shape index (κ3) is 3.12. The monoisotopic (exact) mass is 256 g/mol. The number of pyridine rings is 1. The van der Waals surface area contributed by atoms with Crippen LogP contribution >= 0.6 is 0 Å². The summed E-state index contributed by atoms with van der Waals surface area (Å²) in [6.45, 7) is 8.14. The van der Waals surface area contributed by atoms with Crippen LogP contribution in [0.15, 0.2) is 30.5 Å². The van der Waals surface area contributed by atoms with Crippen LogP contribution in [-0.4, -0.2) is 4.98 Å². The van der Waals surface area contributed by atoms with Crippen LogP contribution in [0.1, 0.15) is 35.2 Å². The highest BCUT2D eigenvalue weighted by atomic mass is 16.5. The van der Waals surface area contributed by atoms with Crippen LogP contribution in [-0.2, 0) is 0 Å². The van der Waals surface area contributed by atoms with Gasteiger partial charge in [-0.2, -0.15) is 0 Å². The molecule has 0 spiro atoms. The van der Waals surface area contributed by atoms with Gasteiger partial charge in [0.05, 0.1) is 0 Å². The molecule has 2 N–H and O–H groups in total. The summed E-state index contributed by atoms with van der Waals surface area (Å²) in [6, 6.07) is 7.98. The molecule has 3 nitrogen and oxygen atoms in total. The first-order chi connectivity index (χ1) is 8.97. The molecule has 2 aromatic rings. The number of hydrogen-bond donors (Lipinski definition) is 1. The summed E-state index contributed by atoms with van der Waals surface area (Å²) >= 11 is 0. The maximum atomic E-state index is 5.85. The maximum absolute atomic E-state index is 5.85. The van der Waals surface area contributed by atoms with E-state index in [0.29, 0.717) is 5.88 Å². The Hall–Kier alpha value is -1.87. The smallest absolute Gasteiger partial charge is 0.219 e. The van der Waals surface area contributed by atoms with Gasteiger partial charge >= 0.3 is 0 Å². The lowest BCUT2D eigenvalue weighted by Crippen LogP contribution is -2.05. The molecule has 0 saturated carbocycles. The van der Waals surface area contributed by atoms with E-state index in [4.69, 9.17) is 10.5 Å². The van der Waals surface area contributed by atoms with Gasteiger partial charge in [0.15, 0.2) is 0 Å². The molecule has 1 aromatic carbocycles. The molecule has 3 heteroatoms. The van der Waals surface area contributed by atoms with E-state index in [0.717, 1.165) is 16.9 Å². The second-order valence-electron chi connectivity index (χ2n) is 5.03. The molecule has 0 bridgehead atoms. The number of benzene rings is 1. The van der Waals surface area contributed by atoms with E-state index in [1.165, 1.54) is 11.1 Å². The number of rotatable bonds is 3. The second kappa shape index (κ2) is 5.41. The first-order valence-electron chi connectivity index (χ1n) is 6.44. The number of nitrogens with zero attached hydrogens (tertiary/aromatic N) is 1. The molecule has 0 radical (unpaired) electrons. The molecule has 0 aliphatic rings. The molecule has 1 heterocycles. The highest BCUT2D eigenvalue weighted by Gasteiger charge is 2.07. The topological polar surface area (TPSA) is 48.1 Å². The number of aromatic nitrogens is 1. The molecule has 100 valence electrons. The van der Waals surface area contributed by atoms with E-state index >= 15 is 0 Å². The first-order valence-corrected chi connectivity index (χ1v) is 6.44. The van der Waals surface area contributed by atoms with Crippen molar-refractivity contribution in [1.82, 2.24) is 4.98 Å². The van der Waals surface area contributed by atoms with Crippen molar-refractivity contribution < 1.29 is 4.74 Å². The van der Waals surface area contributed by atoms with Gasteiger partial charge in [-0.1, -0.05) is 12.1 Å².